The Morgan fingerprint density at radius 3 is 2.12 bits per heavy atom. The van der Waals surface area contributed by atoms with Crippen molar-refractivity contribution in [2.24, 2.45) is 0 Å². The zero-order valence-electron chi connectivity index (χ0n) is 14.4. The highest BCUT2D eigenvalue weighted by atomic mass is 16.6. The topological polar surface area (TPSA) is 91.4 Å². The molecule has 8 nitrogen and oxygen atoms in total. The summed E-state index contributed by atoms with van der Waals surface area (Å²) in [7, 11) is 3.54. The molecule has 1 heterocycles. The van der Waals surface area contributed by atoms with Crippen molar-refractivity contribution in [2.45, 2.75) is 13.2 Å². The minimum Gasteiger partial charge on any atom is -0.465 e. The van der Waals surface area contributed by atoms with Crippen molar-refractivity contribution >= 4 is 29.3 Å². The lowest BCUT2D eigenvalue weighted by Gasteiger charge is -2.24. The van der Waals surface area contributed by atoms with Gasteiger partial charge in [-0.25, -0.2) is 19.3 Å². The van der Waals surface area contributed by atoms with Gasteiger partial charge in [0, 0.05) is 17.7 Å². The Morgan fingerprint density at radius 2 is 1.60 bits per heavy atom. The van der Waals surface area contributed by atoms with Crippen molar-refractivity contribution in [3.05, 3.63) is 35.4 Å². The molecule has 1 amide bonds. The standard InChI is InChI=1S/C17H19NO7/c1-5-25-14-12(13(15(19)22-2)16(20)23-3)10-8-6-7-9-11(10)18(14)17(21)24-4/h6-9,14H,5H2,1-4H3. The smallest absolute Gasteiger partial charge is 0.416 e. The predicted octanol–water partition coefficient (Wildman–Crippen LogP) is 1.74. The van der Waals surface area contributed by atoms with Crippen molar-refractivity contribution in [3.63, 3.8) is 0 Å². The van der Waals surface area contributed by atoms with Crippen molar-refractivity contribution in [1.29, 1.82) is 0 Å². The molecule has 0 saturated carbocycles. The van der Waals surface area contributed by atoms with Crippen molar-refractivity contribution in [3.8, 4) is 0 Å². The zero-order chi connectivity index (χ0) is 18.6. The molecule has 8 heteroatoms. The summed E-state index contributed by atoms with van der Waals surface area (Å²) in [5, 5.41) is 0. The molecule has 0 fully saturated rings. The Kier molecular flexibility index (Phi) is 5.76. The number of hydrogen-bond donors (Lipinski definition) is 0. The van der Waals surface area contributed by atoms with E-state index in [1.807, 2.05) is 0 Å². The molecule has 1 aromatic carbocycles. The van der Waals surface area contributed by atoms with Gasteiger partial charge < -0.3 is 18.9 Å². The number of anilines is 1. The first-order valence-electron chi connectivity index (χ1n) is 7.50. The second-order valence-electron chi connectivity index (χ2n) is 4.94. The average molecular weight is 349 g/mol. The van der Waals surface area contributed by atoms with Gasteiger partial charge in [0.2, 0.25) is 0 Å². The maximum atomic E-state index is 12.3. The van der Waals surface area contributed by atoms with Gasteiger partial charge in [-0.1, -0.05) is 18.2 Å². The molecule has 2 rings (SSSR count). The van der Waals surface area contributed by atoms with Crippen LogP contribution in [0.4, 0.5) is 10.5 Å². The molecule has 0 radical (unpaired) electrons. The van der Waals surface area contributed by atoms with E-state index >= 15 is 0 Å². The van der Waals surface area contributed by atoms with Crippen molar-refractivity contribution < 1.29 is 33.3 Å². The number of hydrogen-bond acceptors (Lipinski definition) is 7. The molecule has 0 saturated heterocycles. The molecule has 0 N–H and O–H groups in total. The third kappa shape index (κ3) is 3.20. The van der Waals surface area contributed by atoms with Gasteiger partial charge in [-0.05, 0) is 13.0 Å². The highest BCUT2D eigenvalue weighted by Crippen LogP contribution is 2.43. The Hall–Kier alpha value is -2.87. The van der Waals surface area contributed by atoms with Crippen LogP contribution in [0.1, 0.15) is 12.5 Å². The van der Waals surface area contributed by atoms with Crippen LogP contribution in [0, 0.1) is 0 Å². The summed E-state index contributed by atoms with van der Waals surface area (Å²) in [5.41, 5.74) is 0.800. The monoisotopic (exact) mass is 349 g/mol. The van der Waals surface area contributed by atoms with Crippen LogP contribution >= 0.6 is 0 Å². The van der Waals surface area contributed by atoms with E-state index in [2.05, 4.69) is 0 Å². The zero-order valence-corrected chi connectivity index (χ0v) is 14.4. The number of ether oxygens (including phenoxy) is 4. The summed E-state index contributed by atoms with van der Waals surface area (Å²) in [4.78, 5) is 38.0. The Labute approximate surface area is 144 Å². The van der Waals surface area contributed by atoms with E-state index in [0.29, 0.717) is 11.3 Å². The number of para-hydroxylation sites is 1. The van der Waals surface area contributed by atoms with Crippen molar-refractivity contribution in [2.75, 3.05) is 32.8 Å². The fraction of sp³-hybridized carbons (Fsp3) is 0.353. The third-order valence-electron chi connectivity index (χ3n) is 3.68. The van der Waals surface area contributed by atoms with Gasteiger partial charge in [-0.15, -0.1) is 0 Å². The molecule has 25 heavy (non-hydrogen) atoms. The lowest BCUT2D eigenvalue weighted by molar-refractivity contribution is -0.144. The number of carbonyl (C=O) groups excluding carboxylic acids is 3. The third-order valence-corrected chi connectivity index (χ3v) is 3.68. The second-order valence-corrected chi connectivity index (χ2v) is 4.94. The lowest BCUT2D eigenvalue weighted by Crippen LogP contribution is -2.40. The number of methoxy groups -OCH3 is 3. The fourth-order valence-electron chi connectivity index (χ4n) is 2.67. The number of amides is 1. The predicted molar refractivity (Wildman–Crippen MR) is 87.7 cm³/mol. The van der Waals surface area contributed by atoms with Crippen molar-refractivity contribution in [1.82, 2.24) is 0 Å². The van der Waals surface area contributed by atoms with Crippen LogP contribution in [-0.2, 0) is 28.5 Å². The Balaban J connectivity index is 2.80. The van der Waals surface area contributed by atoms with Gasteiger partial charge in [-0.2, -0.15) is 0 Å². The van der Waals surface area contributed by atoms with Crippen LogP contribution in [0.3, 0.4) is 0 Å². The average Bonchev–Trinajstić information content (AvgIpc) is 2.95. The van der Waals surface area contributed by atoms with E-state index in [9.17, 15) is 14.4 Å². The molecule has 0 bridgehead atoms. The van der Waals surface area contributed by atoms with Crippen LogP contribution in [0.5, 0.6) is 0 Å². The summed E-state index contributed by atoms with van der Waals surface area (Å²) in [6, 6.07) is 6.77. The summed E-state index contributed by atoms with van der Waals surface area (Å²) in [6.07, 6.45) is -1.71. The Bertz CT molecular complexity index is 707. The number of benzene rings is 1. The molecular weight excluding hydrogens is 330 g/mol. The number of carbonyl (C=O) groups is 3. The van der Waals surface area contributed by atoms with Crippen LogP contribution < -0.4 is 4.90 Å². The first kappa shape index (κ1) is 18.5. The van der Waals surface area contributed by atoms with E-state index in [0.717, 1.165) is 14.2 Å². The van der Waals surface area contributed by atoms with Crippen LogP contribution in [-0.4, -0.2) is 52.2 Å². The fourth-order valence-corrected chi connectivity index (χ4v) is 2.67. The van der Waals surface area contributed by atoms with Crippen LogP contribution in [0.25, 0.3) is 5.57 Å². The SMILES string of the molecule is CCOC1C(=C(C(=O)OC)C(=O)OC)c2ccccc2N1C(=O)OC. The number of nitrogens with zero attached hydrogens (tertiary/aromatic N) is 1. The molecule has 134 valence electrons. The number of rotatable bonds is 4. The van der Waals surface area contributed by atoms with Gasteiger partial charge in [0.05, 0.1) is 27.0 Å². The molecule has 0 spiro atoms. The molecule has 1 unspecified atom stereocenters. The van der Waals surface area contributed by atoms with Crippen LogP contribution in [0.2, 0.25) is 0 Å². The van der Waals surface area contributed by atoms with Gasteiger partial charge in [-0.3, -0.25) is 0 Å². The largest absolute Gasteiger partial charge is 0.465 e. The quantitative estimate of drug-likeness (QED) is 0.269. The molecule has 1 atom stereocenters. The summed E-state index contributed by atoms with van der Waals surface area (Å²) in [6.45, 7) is 1.96. The molecule has 1 aliphatic heterocycles. The normalized spacial score (nSPS) is 15.4. The van der Waals surface area contributed by atoms with Crippen LogP contribution in [0.15, 0.2) is 29.8 Å². The van der Waals surface area contributed by atoms with E-state index in [4.69, 9.17) is 18.9 Å². The summed E-state index contributed by atoms with van der Waals surface area (Å²) < 4.78 is 19.9. The molecule has 0 aliphatic carbocycles. The van der Waals surface area contributed by atoms with E-state index < -0.39 is 24.3 Å². The minimum atomic E-state index is -1.02. The van der Waals surface area contributed by atoms with Gasteiger partial charge in [0.1, 0.15) is 0 Å². The maximum Gasteiger partial charge on any atom is 0.416 e. The summed E-state index contributed by atoms with van der Waals surface area (Å²) in [5.74, 6) is -1.76. The molecule has 1 aromatic rings. The second kappa shape index (κ2) is 7.80. The summed E-state index contributed by atoms with van der Waals surface area (Å²) >= 11 is 0. The highest BCUT2D eigenvalue weighted by Gasteiger charge is 2.44. The highest BCUT2D eigenvalue weighted by molar-refractivity contribution is 6.22. The first-order valence-corrected chi connectivity index (χ1v) is 7.50. The number of fused-ring (bicyclic) bond motifs is 1. The molecule has 0 aromatic heterocycles. The lowest BCUT2D eigenvalue weighted by atomic mass is 10.0. The molecular formula is C17H19NO7. The van der Waals surface area contributed by atoms with E-state index in [1.165, 1.54) is 12.0 Å². The maximum absolute atomic E-state index is 12.3. The van der Waals surface area contributed by atoms with E-state index in [-0.39, 0.29) is 17.8 Å². The van der Waals surface area contributed by atoms with Gasteiger partial charge in [0.15, 0.2) is 11.8 Å². The minimum absolute atomic E-state index is 0.196. The van der Waals surface area contributed by atoms with Gasteiger partial charge >= 0.3 is 18.0 Å². The van der Waals surface area contributed by atoms with E-state index in [1.54, 1.807) is 31.2 Å². The Morgan fingerprint density at radius 1 is 1.00 bits per heavy atom. The first-order chi connectivity index (χ1) is 12.0. The van der Waals surface area contributed by atoms with Gasteiger partial charge in [0.25, 0.3) is 0 Å². The number of esters is 2. The molecule has 1 aliphatic rings.